The molecule has 0 bridgehead atoms. The molecular formula is C29H25BrN4O2. The zero-order chi connectivity index (χ0) is 24.6. The van der Waals surface area contributed by atoms with Gasteiger partial charge in [-0.05, 0) is 60.9 Å². The summed E-state index contributed by atoms with van der Waals surface area (Å²) in [5.41, 5.74) is 4.52. The minimum Gasteiger partial charge on any atom is -0.316 e. The van der Waals surface area contributed by atoms with E-state index in [1.807, 2.05) is 83.9 Å². The average molecular weight is 541 g/mol. The molecule has 0 saturated heterocycles. The van der Waals surface area contributed by atoms with Gasteiger partial charge in [0.1, 0.15) is 12.6 Å². The van der Waals surface area contributed by atoms with Crippen molar-refractivity contribution in [1.82, 2.24) is 9.47 Å². The second-order valence-corrected chi connectivity index (χ2v) is 10.1. The Balaban J connectivity index is 1.35. The third kappa shape index (κ3) is 4.20. The van der Waals surface area contributed by atoms with E-state index in [-0.39, 0.29) is 30.6 Å². The first-order chi connectivity index (χ1) is 17.6. The summed E-state index contributed by atoms with van der Waals surface area (Å²) in [6.07, 6.45) is 3.84. The van der Waals surface area contributed by atoms with Gasteiger partial charge in [-0.1, -0.05) is 64.5 Å². The minimum atomic E-state index is -0.294. The van der Waals surface area contributed by atoms with Crippen LogP contribution in [0.15, 0.2) is 102 Å². The molecule has 1 aromatic heterocycles. The van der Waals surface area contributed by atoms with Crippen molar-refractivity contribution in [2.75, 3.05) is 16.8 Å². The van der Waals surface area contributed by atoms with E-state index >= 15 is 0 Å². The molecule has 1 aliphatic heterocycles. The predicted molar refractivity (Wildman–Crippen MR) is 144 cm³/mol. The number of nitrogens with zero attached hydrogens (tertiary/aromatic N) is 3. The quantitative estimate of drug-likeness (QED) is 0.319. The van der Waals surface area contributed by atoms with Gasteiger partial charge in [0.15, 0.2) is 0 Å². The summed E-state index contributed by atoms with van der Waals surface area (Å²) in [6, 6.07) is 29.1. The molecule has 1 fully saturated rings. The van der Waals surface area contributed by atoms with Crippen LogP contribution in [0, 0.1) is 0 Å². The topological polar surface area (TPSA) is 57.6 Å². The summed E-state index contributed by atoms with van der Waals surface area (Å²) in [4.78, 5) is 31.0. The van der Waals surface area contributed by atoms with E-state index in [4.69, 9.17) is 0 Å². The molecular weight excluding hydrogens is 516 g/mol. The summed E-state index contributed by atoms with van der Waals surface area (Å²) in [5.74, 6) is -0.111. The molecule has 36 heavy (non-hydrogen) atoms. The Morgan fingerprint density at radius 2 is 1.64 bits per heavy atom. The lowest BCUT2D eigenvalue weighted by Crippen LogP contribution is -2.48. The summed E-state index contributed by atoms with van der Waals surface area (Å²) in [5, 5.41) is 2.97. The molecule has 1 N–H and O–H groups in total. The second-order valence-electron chi connectivity index (χ2n) is 9.17. The normalized spacial score (nSPS) is 16.1. The lowest BCUT2D eigenvalue weighted by Gasteiger charge is -2.39. The van der Waals surface area contributed by atoms with Crippen molar-refractivity contribution in [3.63, 3.8) is 0 Å². The number of anilines is 2. The van der Waals surface area contributed by atoms with Crippen molar-refractivity contribution in [2.45, 2.75) is 24.9 Å². The molecule has 1 unspecified atom stereocenters. The number of rotatable bonds is 5. The van der Waals surface area contributed by atoms with Crippen molar-refractivity contribution in [2.24, 2.45) is 0 Å². The number of hydrogen-bond acceptors (Lipinski definition) is 2. The van der Waals surface area contributed by atoms with Crippen molar-refractivity contribution in [3.8, 4) is 5.69 Å². The van der Waals surface area contributed by atoms with Crippen molar-refractivity contribution >= 4 is 39.2 Å². The van der Waals surface area contributed by atoms with E-state index in [2.05, 4.69) is 44.0 Å². The van der Waals surface area contributed by atoms with E-state index in [1.165, 1.54) is 0 Å². The van der Waals surface area contributed by atoms with Gasteiger partial charge < -0.3 is 14.8 Å². The van der Waals surface area contributed by atoms with Crippen LogP contribution in [0.5, 0.6) is 0 Å². The van der Waals surface area contributed by atoms with Crippen LogP contribution in [0.2, 0.25) is 0 Å². The molecule has 0 spiro atoms. The molecule has 6 rings (SSSR count). The molecule has 1 aliphatic carbocycles. The van der Waals surface area contributed by atoms with Gasteiger partial charge in [0.05, 0.1) is 17.1 Å². The van der Waals surface area contributed by atoms with E-state index in [9.17, 15) is 9.59 Å². The molecule has 6 nitrogen and oxygen atoms in total. The summed E-state index contributed by atoms with van der Waals surface area (Å²) >= 11 is 3.45. The van der Waals surface area contributed by atoms with Crippen LogP contribution < -0.4 is 10.2 Å². The van der Waals surface area contributed by atoms with E-state index < -0.39 is 0 Å². The SMILES string of the molecule is O=C(Nc1cccc(Br)c1)N(CC(=O)N1c2ccccc2-n2cccc2C1c1ccccc1)C1CC1. The molecule has 4 aromatic rings. The molecule has 0 radical (unpaired) electrons. The van der Waals surface area contributed by atoms with Crippen molar-refractivity contribution < 1.29 is 9.59 Å². The van der Waals surface area contributed by atoms with Gasteiger partial charge in [0.2, 0.25) is 5.91 Å². The number of carbonyl (C=O) groups excluding carboxylic acids is 2. The highest BCUT2D eigenvalue weighted by Crippen LogP contribution is 2.42. The average Bonchev–Trinajstić information content (AvgIpc) is 3.61. The van der Waals surface area contributed by atoms with Crippen LogP contribution >= 0.6 is 15.9 Å². The van der Waals surface area contributed by atoms with Gasteiger partial charge in [-0.25, -0.2) is 4.79 Å². The molecule has 3 aromatic carbocycles. The Labute approximate surface area is 218 Å². The van der Waals surface area contributed by atoms with Gasteiger partial charge in [-0.15, -0.1) is 0 Å². The van der Waals surface area contributed by atoms with E-state index in [1.54, 1.807) is 4.90 Å². The van der Waals surface area contributed by atoms with Crippen LogP contribution in [0.1, 0.15) is 30.1 Å². The zero-order valence-electron chi connectivity index (χ0n) is 19.5. The van der Waals surface area contributed by atoms with Crippen LogP contribution in [0.4, 0.5) is 16.2 Å². The Morgan fingerprint density at radius 3 is 2.39 bits per heavy atom. The lowest BCUT2D eigenvalue weighted by atomic mass is 9.97. The maximum atomic E-state index is 14.1. The fraction of sp³-hybridized carbons (Fsp3) is 0.172. The van der Waals surface area contributed by atoms with Crippen molar-refractivity contribution in [3.05, 3.63) is 113 Å². The largest absolute Gasteiger partial charge is 0.322 e. The number of urea groups is 1. The highest BCUT2D eigenvalue weighted by atomic mass is 79.9. The molecule has 2 heterocycles. The fourth-order valence-electron chi connectivity index (χ4n) is 4.95. The number of carbonyl (C=O) groups is 2. The van der Waals surface area contributed by atoms with E-state index in [0.29, 0.717) is 5.69 Å². The van der Waals surface area contributed by atoms with Crippen LogP contribution in [-0.2, 0) is 4.79 Å². The predicted octanol–water partition coefficient (Wildman–Crippen LogP) is 6.37. The number of fused-ring (bicyclic) bond motifs is 3. The maximum Gasteiger partial charge on any atom is 0.322 e. The van der Waals surface area contributed by atoms with Crippen LogP contribution in [0.3, 0.4) is 0 Å². The van der Waals surface area contributed by atoms with E-state index in [0.717, 1.165) is 39.9 Å². The Kier molecular flexibility index (Phi) is 5.85. The number of para-hydroxylation sites is 2. The first kappa shape index (κ1) is 22.6. The highest BCUT2D eigenvalue weighted by molar-refractivity contribution is 9.10. The number of benzene rings is 3. The fourth-order valence-corrected chi connectivity index (χ4v) is 5.35. The first-order valence-corrected chi connectivity index (χ1v) is 12.9. The van der Waals surface area contributed by atoms with Gasteiger partial charge in [0.25, 0.3) is 0 Å². The smallest absolute Gasteiger partial charge is 0.316 e. The monoisotopic (exact) mass is 540 g/mol. The Morgan fingerprint density at radius 1 is 0.889 bits per heavy atom. The number of aromatic nitrogens is 1. The Hall–Kier alpha value is -3.84. The molecule has 2 aliphatic rings. The minimum absolute atomic E-state index is 0.00286. The van der Waals surface area contributed by atoms with Gasteiger partial charge in [-0.3, -0.25) is 9.69 Å². The van der Waals surface area contributed by atoms with Gasteiger partial charge in [0, 0.05) is 22.4 Å². The molecule has 180 valence electrons. The third-order valence-corrected chi connectivity index (χ3v) is 7.23. The number of halogens is 1. The summed E-state index contributed by atoms with van der Waals surface area (Å²) < 4.78 is 3.03. The van der Waals surface area contributed by atoms with Gasteiger partial charge in [-0.2, -0.15) is 0 Å². The molecule has 1 saturated carbocycles. The summed E-state index contributed by atoms with van der Waals surface area (Å²) in [6.45, 7) is 0.00286. The number of nitrogens with one attached hydrogen (secondary N) is 1. The second kappa shape index (κ2) is 9.32. The molecule has 1 atom stereocenters. The van der Waals surface area contributed by atoms with Crippen LogP contribution in [0.25, 0.3) is 5.69 Å². The summed E-state index contributed by atoms with van der Waals surface area (Å²) in [7, 11) is 0. The lowest BCUT2D eigenvalue weighted by molar-refractivity contribution is -0.119. The molecule has 7 heteroatoms. The van der Waals surface area contributed by atoms with Gasteiger partial charge >= 0.3 is 6.03 Å². The number of hydrogen-bond donors (Lipinski definition) is 1. The number of amides is 3. The standard InChI is InChI=1S/C29H25BrN4O2/c30-21-10-6-11-22(18-21)31-29(36)33(23-15-16-23)19-27(35)34-25-13-5-4-12-24(25)32-17-7-14-26(32)28(34)20-8-2-1-3-9-20/h1-14,17-18,23,28H,15-16,19H2,(H,31,36). The highest BCUT2D eigenvalue weighted by Gasteiger charge is 2.40. The maximum absolute atomic E-state index is 14.1. The molecule has 3 amide bonds. The van der Waals surface area contributed by atoms with Crippen LogP contribution in [-0.4, -0.2) is 34.0 Å². The zero-order valence-corrected chi connectivity index (χ0v) is 21.1. The Bertz CT molecular complexity index is 1430. The first-order valence-electron chi connectivity index (χ1n) is 12.1. The third-order valence-electron chi connectivity index (χ3n) is 6.73. The van der Waals surface area contributed by atoms with Crippen molar-refractivity contribution in [1.29, 1.82) is 0 Å².